The highest BCUT2D eigenvalue weighted by molar-refractivity contribution is 5.74. The first kappa shape index (κ1) is 12.5. The van der Waals surface area contributed by atoms with Gasteiger partial charge >= 0.3 is 0 Å². The van der Waals surface area contributed by atoms with Gasteiger partial charge in [0.05, 0.1) is 11.4 Å². The van der Waals surface area contributed by atoms with E-state index in [1.54, 1.807) is 0 Å². The summed E-state index contributed by atoms with van der Waals surface area (Å²) < 4.78 is 0. The number of benzene rings is 2. The van der Waals surface area contributed by atoms with Gasteiger partial charge in [-0.25, -0.2) is 0 Å². The van der Waals surface area contributed by atoms with Crippen molar-refractivity contribution in [3.05, 3.63) is 52.6 Å². The zero-order valence-corrected chi connectivity index (χ0v) is 11.5. The second kappa shape index (κ2) is 4.73. The van der Waals surface area contributed by atoms with Gasteiger partial charge in [-0.05, 0) is 68.1 Å². The molecule has 3 N–H and O–H groups in total. The van der Waals surface area contributed by atoms with Gasteiger partial charge in [-0.3, -0.25) is 0 Å². The molecule has 0 saturated carbocycles. The minimum Gasteiger partial charge on any atom is -0.397 e. The second-order valence-corrected chi connectivity index (χ2v) is 4.97. The van der Waals surface area contributed by atoms with Crippen molar-refractivity contribution in [2.24, 2.45) is 0 Å². The molecule has 0 saturated heterocycles. The number of nitrogen functional groups attached to an aromatic ring is 1. The Morgan fingerprint density at radius 2 is 1.44 bits per heavy atom. The zero-order valence-electron chi connectivity index (χ0n) is 11.5. The summed E-state index contributed by atoms with van der Waals surface area (Å²) in [6.45, 7) is 8.41. The van der Waals surface area contributed by atoms with Crippen LogP contribution in [0, 0.1) is 27.7 Å². The molecule has 0 bridgehead atoms. The van der Waals surface area contributed by atoms with Gasteiger partial charge in [-0.15, -0.1) is 0 Å². The van der Waals surface area contributed by atoms with E-state index < -0.39 is 0 Å². The van der Waals surface area contributed by atoms with Crippen LogP contribution in [0.3, 0.4) is 0 Å². The molecule has 0 spiro atoms. The molecule has 0 aromatic heterocycles. The van der Waals surface area contributed by atoms with Gasteiger partial charge in [0.2, 0.25) is 0 Å². The molecule has 2 aromatic rings. The number of nitrogens with two attached hydrogens (primary N) is 1. The van der Waals surface area contributed by atoms with Crippen LogP contribution in [0.15, 0.2) is 30.3 Å². The van der Waals surface area contributed by atoms with Gasteiger partial charge in [0.1, 0.15) is 0 Å². The largest absolute Gasteiger partial charge is 0.397 e. The van der Waals surface area contributed by atoms with Crippen molar-refractivity contribution in [3.63, 3.8) is 0 Å². The molecule has 2 aromatic carbocycles. The summed E-state index contributed by atoms with van der Waals surface area (Å²) in [4.78, 5) is 0. The topological polar surface area (TPSA) is 38.0 Å². The molecule has 2 nitrogen and oxygen atoms in total. The van der Waals surface area contributed by atoms with Crippen molar-refractivity contribution in [2.45, 2.75) is 27.7 Å². The number of nitrogens with one attached hydrogen (secondary N) is 1. The van der Waals surface area contributed by atoms with Gasteiger partial charge in [-0.1, -0.05) is 12.1 Å². The van der Waals surface area contributed by atoms with Gasteiger partial charge in [0.15, 0.2) is 0 Å². The molecular weight excluding hydrogens is 220 g/mol. The molecule has 0 heterocycles. The van der Waals surface area contributed by atoms with E-state index in [-0.39, 0.29) is 0 Å². The van der Waals surface area contributed by atoms with Gasteiger partial charge in [0, 0.05) is 5.69 Å². The first-order valence-corrected chi connectivity index (χ1v) is 6.18. The molecule has 0 amide bonds. The fourth-order valence-corrected chi connectivity index (χ4v) is 2.04. The summed E-state index contributed by atoms with van der Waals surface area (Å²) in [5.41, 5.74) is 13.9. The lowest BCUT2D eigenvalue weighted by Gasteiger charge is -2.14. The maximum atomic E-state index is 6.02. The van der Waals surface area contributed by atoms with Crippen LogP contribution in [-0.2, 0) is 0 Å². The highest BCUT2D eigenvalue weighted by Crippen LogP contribution is 2.27. The quantitative estimate of drug-likeness (QED) is 0.770. The number of hydrogen-bond donors (Lipinski definition) is 2. The Balaban J connectivity index is 2.37. The first-order chi connectivity index (χ1) is 8.47. The van der Waals surface area contributed by atoms with E-state index in [4.69, 9.17) is 5.73 Å². The molecular formula is C16H20N2. The van der Waals surface area contributed by atoms with Crippen LogP contribution in [0.1, 0.15) is 22.3 Å². The predicted molar refractivity (Wildman–Crippen MR) is 79.5 cm³/mol. The molecule has 2 heteroatoms. The summed E-state index contributed by atoms with van der Waals surface area (Å²) in [6.07, 6.45) is 0. The summed E-state index contributed by atoms with van der Waals surface area (Å²) in [5.74, 6) is 0. The van der Waals surface area contributed by atoms with Crippen molar-refractivity contribution >= 4 is 17.1 Å². The van der Waals surface area contributed by atoms with Crippen molar-refractivity contribution in [1.29, 1.82) is 0 Å². The van der Waals surface area contributed by atoms with Crippen molar-refractivity contribution < 1.29 is 0 Å². The van der Waals surface area contributed by atoms with E-state index in [2.05, 4.69) is 44.3 Å². The lowest BCUT2D eigenvalue weighted by Crippen LogP contribution is -1.99. The van der Waals surface area contributed by atoms with E-state index in [9.17, 15) is 0 Å². The minimum absolute atomic E-state index is 0.785. The normalized spacial score (nSPS) is 10.4. The Morgan fingerprint density at radius 1 is 0.778 bits per heavy atom. The van der Waals surface area contributed by atoms with Crippen molar-refractivity contribution in [3.8, 4) is 0 Å². The third-order valence-electron chi connectivity index (χ3n) is 3.32. The third-order valence-corrected chi connectivity index (χ3v) is 3.32. The minimum atomic E-state index is 0.785. The van der Waals surface area contributed by atoms with Gasteiger partial charge in [0.25, 0.3) is 0 Å². The highest BCUT2D eigenvalue weighted by atomic mass is 14.9. The number of anilines is 3. The predicted octanol–water partition coefficient (Wildman–Crippen LogP) is 4.25. The lowest BCUT2D eigenvalue weighted by molar-refractivity contribution is 1.29. The van der Waals surface area contributed by atoms with Crippen molar-refractivity contribution in [2.75, 3.05) is 11.1 Å². The zero-order chi connectivity index (χ0) is 13.3. The van der Waals surface area contributed by atoms with Crippen LogP contribution in [-0.4, -0.2) is 0 Å². The number of hydrogen-bond acceptors (Lipinski definition) is 2. The molecule has 0 aliphatic heterocycles. The van der Waals surface area contributed by atoms with E-state index in [1.807, 2.05) is 19.1 Å². The molecule has 0 aliphatic rings. The molecule has 0 radical (unpaired) electrons. The number of rotatable bonds is 2. The monoisotopic (exact) mass is 240 g/mol. The molecule has 0 aliphatic carbocycles. The SMILES string of the molecule is Cc1ccc(Nc2cc(C)c(C)cc2C)c(N)c1. The van der Waals surface area contributed by atoms with E-state index in [0.717, 1.165) is 17.1 Å². The molecule has 2 rings (SSSR count). The Hall–Kier alpha value is -1.96. The maximum Gasteiger partial charge on any atom is 0.0618 e. The fourth-order valence-electron chi connectivity index (χ4n) is 2.04. The van der Waals surface area contributed by atoms with Crippen molar-refractivity contribution in [1.82, 2.24) is 0 Å². The smallest absolute Gasteiger partial charge is 0.0618 e. The van der Waals surface area contributed by atoms with Gasteiger partial charge < -0.3 is 11.1 Å². The van der Waals surface area contributed by atoms with Crippen LogP contribution in [0.5, 0.6) is 0 Å². The van der Waals surface area contributed by atoms with Crippen LogP contribution in [0.25, 0.3) is 0 Å². The Morgan fingerprint density at radius 3 is 2.11 bits per heavy atom. The summed E-state index contributed by atoms with van der Waals surface area (Å²) in [7, 11) is 0. The van der Waals surface area contributed by atoms with Crippen LogP contribution < -0.4 is 11.1 Å². The van der Waals surface area contributed by atoms with E-state index >= 15 is 0 Å². The lowest BCUT2D eigenvalue weighted by atomic mass is 10.0. The second-order valence-electron chi connectivity index (χ2n) is 4.97. The van der Waals surface area contributed by atoms with Gasteiger partial charge in [-0.2, -0.15) is 0 Å². The van der Waals surface area contributed by atoms with E-state index in [0.29, 0.717) is 0 Å². The first-order valence-electron chi connectivity index (χ1n) is 6.18. The third kappa shape index (κ3) is 2.48. The number of aryl methyl sites for hydroxylation is 4. The average Bonchev–Trinajstić information content (AvgIpc) is 2.29. The standard InChI is InChI=1S/C16H20N2/c1-10-5-6-15(14(17)7-10)18-16-9-12(3)11(2)8-13(16)4/h5-9,18H,17H2,1-4H3. The average molecular weight is 240 g/mol. The maximum absolute atomic E-state index is 6.02. The van der Waals surface area contributed by atoms with Crippen LogP contribution in [0.2, 0.25) is 0 Å². The van der Waals surface area contributed by atoms with E-state index in [1.165, 1.54) is 22.3 Å². The van der Waals surface area contributed by atoms with Crippen LogP contribution in [0.4, 0.5) is 17.1 Å². The molecule has 0 atom stereocenters. The Kier molecular flexibility index (Phi) is 3.28. The Labute approximate surface area is 109 Å². The molecule has 0 fully saturated rings. The fraction of sp³-hybridized carbons (Fsp3) is 0.250. The highest BCUT2D eigenvalue weighted by Gasteiger charge is 2.04. The summed E-state index contributed by atoms with van der Waals surface area (Å²) >= 11 is 0. The molecule has 18 heavy (non-hydrogen) atoms. The summed E-state index contributed by atoms with van der Waals surface area (Å²) in [5, 5.41) is 3.41. The summed E-state index contributed by atoms with van der Waals surface area (Å²) in [6, 6.07) is 10.4. The van der Waals surface area contributed by atoms with Crippen LogP contribution >= 0.6 is 0 Å². The molecule has 94 valence electrons. The molecule has 0 unspecified atom stereocenters. The Bertz CT molecular complexity index is 586.